The van der Waals surface area contributed by atoms with Gasteiger partial charge in [-0.05, 0) is 34.1 Å². The minimum absolute atomic E-state index is 0.0191. The van der Waals surface area contributed by atoms with Gasteiger partial charge in [0.2, 0.25) is 0 Å². The van der Waals surface area contributed by atoms with Crippen LogP contribution in [0.2, 0.25) is 0 Å². The molecule has 1 amide bonds. The van der Waals surface area contributed by atoms with Crippen LogP contribution in [0.3, 0.4) is 0 Å². The van der Waals surface area contributed by atoms with Crippen molar-refractivity contribution in [2.24, 2.45) is 0 Å². The Bertz CT molecular complexity index is 573. The van der Waals surface area contributed by atoms with Gasteiger partial charge in [0, 0.05) is 18.0 Å². The molecule has 0 spiro atoms. The van der Waals surface area contributed by atoms with Gasteiger partial charge < -0.3 is 11.2 Å². The van der Waals surface area contributed by atoms with Crippen LogP contribution in [0.1, 0.15) is 10.5 Å². The SMILES string of the molecule is Nn1ccc(Br)c1C(=O)Nc1cc(F)cc(F)c1. The molecule has 3 N–H and O–H groups in total. The molecule has 0 bridgehead atoms. The summed E-state index contributed by atoms with van der Waals surface area (Å²) in [6, 6.07) is 4.33. The molecule has 0 saturated carbocycles. The smallest absolute Gasteiger partial charge is 0.275 e. The molecular formula is C11H8BrF2N3O. The number of amides is 1. The highest BCUT2D eigenvalue weighted by Gasteiger charge is 2.15. The van der Waals surface area contributed by atoms with Gasteiger partial charge in [0.15, 0.2) is 0 Å². The van der Waals surface area contributed by atoms with E-state index in [9.17, 15) is 13.6 Å². The zero-order valence-electron chi connectivity index (χ0n) is 8.95. The standard InChI is InChI=1S/C11H8BrF2N3O/c12-9-1-2-17(15)10(9)11(18)16-8-4-6(13)3-7(14)5-8/h1-5H,15H2,(H,16,18). The van der Waals surface area contributed by atoms with Crippen LogP contribution in [0.4, 0.5) is 14.5 Å². The maximum Gasteiger partial charge on any atom is 0.275 e. The highest BCUT2D eigenvalue weighted by molar-refractivity contribution is 9.10. The van der Waals surface area contributed by atoms with E-state index < -0.39 is 17.5 Å². The predicted molar refractivity (Wildman–Crippen MR) is 66.6 cm³/mol. The molecule has 18 heavy (non-hydrogen) atoms. The number of nitrogens with one attached hydrogen (secondary N) is 1. The fraction of sp³-hybridized carbons (Fsp3) is 0. The first-order chi connectivity index (χ1) is 8.47. The predicted octanol–water partition coefficient (Wildman–Crippen LogP) is 2.49. The Morgan fingerprint density at radius 3 is 2.39 bits per heavy atom. The van der Waals surface area contributed by atoms with E-state index in [0.717, 1.165) is 22.9 Å². The molecule has 1 aromatic carbocycles. The number of nitrogens with zero attached hydrogens (tertiary/aromatic N) is 1. The van der Waals surface area contributed by atoms with Gasteiger partial charge in [-0.15, -0.1) is 0 Å². The van der Waals surface area contributed by atoms with Crippen LogP contribution >= 0.6 is 15.9 Å². The summed E-state index contributed by atoms with van der Waals surface area (Å²) < 4.78 is 27.5. The second-order valence-electron chi connectivity index (χ2n) is 3.53. The monoisotopic (exact) mass is 315 g/mol. The van der Waals surface area contributed by atoms with Crippen molar-refractivity contribution < 1.29 is 13.6 Å². The Morgan fingerprint density at radius 2 is 1.89 bits per heavy atom. The van der Waals surface area contributed by atoms with E-state index in [-0.39, 0.29) is 11.4 Å². The third-order valence-corrected chi connectivity index (χ3v) is 2.84. The number of halogens is 3. The van der Waals surface area contributed by atoms with Crippen LogP contribution in [0.15, 0.2) is 34.9 Å². The highest BCUT2D eigenvalue weighted by Crippen LogP contribution is 2.19. The first-order valence-corrected chi connectivity index (χ1v) is 5.66. The molecule has 0 saturated heterocycles. The Hall–Kier alpha value is -1.89. The van der Waals surface area contributed by atoms with E-state index in [2.05, 4.69) is 21.2 Å². The number of hydrogen-bond donors (Lipinski definition) is 2. The van der Waals surface area contributed by atoms with E-state index in [1.54, 1.807) is 6.07 Å². The Kier molecular flexibility index (Phi) is 3.33. The van der Waals surface area contributed by atoms with Gasteiger partial charge in [0.25, 0.3) is 5.91 Å². The van der Waals surface area contributed by atoms with Crippen LogP contribution < -0.4 is 11.2 Å². The third-order valence-electron chi connectivity index (χ3n) is 2.20. The second kappa shape index (κ2) is 4.77. The first-order valence-electron chi connectivity index (χ1n) is 4.87. The number of carbonyl (C=O) groups is 1. The average Bonchev–Trinajstić information content (AvgIpc) is 2.56. The lowest BCUT2D eigenvalue weighted by atomic mass is 10.3. The largest absolute Gasteiger partial charge is 0.339 e. The van der Waals surface area contributed by atoms with Crippen LogP contribution in [0.25, 0.3) is 0 Å². The first kappa shape index (κ1) is 12.6. The molecule has 0 aliphatic carbocycles. The number of carbonyl (C=O) groups excluding carboxylic acids is 1. The molecule has 0 radical (unpaired) electrons. The summed E-state index contributed by atoms with van der Waals surface area (Å²) in [5, 5.41) is 2.36. The maximum atomic E-state index is 12.9. The Morgan fingerprint density at radius 1 is 1.28 bits per heavy atom. The van der Waals surface area contributed by atoms with Crippen molar-refractivity contribution in [1.29, 1.82) is 0 Å². The summed E-state index contributed by atoms with van der Waals surface area (Å²) in [4.78, 5) is 11.9. The van der Waals surface area contributed by atoms with Crippen molar-refractivity contribution in [2.45, 2.75) is 0 Å². The van der Waals surface area contributed by atoms with Crippen LogP contribution in [0, 0.1) is 11.6 Å². The number of hydrogen-bond acceptors (Lipinski definition) is 2. The lowest BCUT2D eigenvalue weighted by Gasteiger charge is -2.07. The van der Waals surface area contributed by atoms with E-state index in [1.165, 1.54) is 6.20 Å². The summed E-state index contributed by atoms with van der Waals surface area (Å²) in [7, 11) is 0. The van der Waals surface area contributed by atoms with Crippen LogP contribution in [-0.4, -0.2) is 10.6 Å². The molecule has 2 aromatic rings. The van der Waals surface area contributed by atoms with Crippen LogP contribution in [-0.2, 0) is 0 Å². The van der Waals surface area contributed by atoms with Crippen molar-refractivity contribution in [3.63, 3.8) is 0 Å². The zero-order valence-corrected chi connectivity index (χ0v) is 10.5. The van der Waals surface area contributed by atoms with Crippen molar-refractivity contribution in [3.8, 4) is 0 Å². The molecule has 1 aromatic heterocycles. The van der Waals surface area contributed by atoms with Gasteiger partial charge in [0.1, 0.15) is 17.3 Å². The molecule has 1 heterocycles. The lowest BCUT2D eigenvalue weighted by Crippen LogP contribution is -2.21. The van der Waals surface area contributed by atoms with Gasteiger partial charge >= 0.3 is 0 Å². The fourth-order valence-electron chi connectivity index (χ4n) is 1.46. The summed E-state index contributed by atoms with van der Waals surface area (Å²) in [5.74, 6) is 3.42. The fourth-order valence-corrected chi connectivity index (χ4v) is 1.97. The number of rotatable bonds is 2. The molecule has 7 heteroatoms. The van der Waals surface area contributed by atoms with E-state index in [0.29, 0.717) is 4.47 Å². The van der Waals surface area contributed by atoms with Crippen molar-refractivity contribution in [2.75, 3.05) is 11.2 Å². The van der Waals surface area contributed by atoms with Gasteiger partial charge in [-0.3, -0.25) is 9.47 Å². The summed E-state index contributed by atoms with van der Waals surface area (Å²) in [5.41, 5.74) is 0.172. The molecule has 0 aliphatic heterocycles. The van der Waals surface area contributed by atoms with Gasteiger partial charge in [0.05, 0.1) is 4.47 Å². The average molecular weight is 316 g/mol. The number of benzene rings is 1. The van der Waals surface area contributed by atoms with Crippen molar-refractivity contribution in [1.82, 2.24) is 4.68 Å². The molecular weight excluding hydrogens is 308 g/mol. The number of aromatic nitrogens is 1. The van der Waals surface area contributed by atoms with Gasteiger partial charge in [-0.1, -0.05) is 0 Å². The summed E-state index contributed by atoms with van der Waals surface area (Å²) in [6.07, 6.45) is 1.48. The Labute approximate surface area is 109 Å². The quantitative estimate of drug-likeness (QED) is 0.836. The molecule has 0 unspecified atom stereocenters. The molecule has 4 nitrogen and oxygen atoms in total. The highest BCUT2D eigenvalue weighted by atomic mass is 79.9. The lowest BCUT2D eigenvalue weighted by molar-refractivity contribution is 0.101. The topological polar surface area (TPSA) is 60.0 Å². The normalized spacial score (nSPS) is 10.4. The minimum atomic E-state index is -0.771. The van der Waals surface area contributed by atoms with E-state index in [4.69, 9.17) is 5.84 Å². The van der Waals surface area contributed by atoms with Crippen molar-refractivity contribution in [3.05, 3.63) is 52.3 Å². The summed E-state index contributed by atoms with van der Waals surface area (Å²) in [6.45, 7) is 0. The third kappa shape index (κ3) is 2.51. The minimum Gasteiger partial charge on any atom is -0.339 e. The number of anilines is 1. The van der Waals surface area contributed by atoms with E-state index >= 15 is 0 Å². The number of nitrogen functional groups attached to an aromatic ring is 1. The summed E-state index contributed by atoms with van der Waals surface area (Å²) >= 11 is 3.15. The van der Waals surface area contributed by atoms with Crippen LogP contribution in [0.5, 0.6) is 0 Å². The van der Waals surface area contributed by atoms with Gasteiger partial charge in [-0.2, -0.15) is 0 Å². The molecule has 0 aliphatic rings. The Balaban J connectivity index is 2.27. The van der Waals surface area contributed by atoms with Crippen molar-refractivity contribution >= 4 is 27.5 Å². The van der Waals surface area contributed by atoms with Gasteiger partial charge in [-0.25, -0.2) is 8.78 Å². The molecule has 0 fully saturated rings. The molecule has 0 atom stereocenters. The van der Waals surface area contributed by atoms with E-state index in [1.807, 2.05) is 0 Å². The zero-order chi connectivity index (χ0) is 13.3. The number of nitrogens with two attached hydrogens (primary N) is 1. The maximum absolute atomic E-state index is 12.9. The second-order valence-corrected chi connectivity index (χ2v) is 4.39. The molecule has 2 rings (SSSR count). The molecule has 94 valence electrons.